The fourth-order valence-corrected chi connectivity index (χ4v) is 3.46. The quantitative estimate of drug-likeness (QED) is 0.489. The van der Waals surface area contributed by atoms with Crippen LogP contribution < -0.4 is 10.1 Å². The van der Waals surface area contributed by atoms with Crippen LogP contribution in [0.2, 0.25) is 0 Å². The highest BCUT2D eigenvalue weighted by Crippen LogP contribution is 2.30. The average Bonchev–Trinajstić information content (AvgIpc) is 3.27. The number of hydrogen-bond donors (Lipinski definition) is 1. The molecule has 0 aliphatic heterocycles. The molecule has 0 aliphatic carbocycles. The summed E-state index contributed by atoms with van der Waals surface area (Å²) in [5, 5.41) is 7.54. The lowest BCUT2D eigenvalue weighted by atomic mass is 10.1. The van der Waals surface area contributed by atoms with Gasteiger partial charge in [0, 0.05) is 23.9 Å². The van der Waals surface area contributed by atoms with Gasteiger partial charge in [0.1, 0.15) is 11.5 Å². The maximum Gasteiger partial charge on any atom is 0.259 e. The molecule has 0 saturated heterocycles. The van der Waals surface area contributed by atoms with Crippen molar-refractivity contribution in [3.8, 4) is 17.1 Å². The van der Waals surface area contributed by atoms with Crippen molar-refractivity contribution < 1.29 is 18.5 Å². The summed E-state index contributed by atoms with van der Waals surface area (Å²) < 4.78 is 16.7. The highest BCUT2D eigenvalue weighted by Gasteiger charge is 2.21. The monoisotopic (exact) mass is 420 g/mol. The molecule has 0 saturated carbocycles. The topological polar surface area (TPSA) is 103 Å². The van der Waals surface area contributed by atoms with Gasteiger partial charge in [-0.1, -0.05) is 11.2 Å². The normalized spacial score (nSPS) is 11.3. The zero-order valence-corrected chi connectivity index (χ0v) is 18.1. The molecule has 4 heterocycles. The first-order valence-corrected chi connectivity index (χ1v) is 10.1. The van der Waals surface area contributed by atoms with Gasteiger partial charge < -0.3 is 19.0 Å². The van der Waals surface area contributed by atoms with Crippen molar-refractivity contribution in [1.82, 2.24) is 20.4 Å². The van der Waals surface area contributed by atoms with Crippen LogP contribution in [0.15, 0.2) is 39.4 Å². The molecule has 0 atom stereocenters. The zero-order chi connectivity index (χ0) is 22.1. The predicted octanol–water partition coefficient (Wildman–Crippen LogP) is 4.52. The molecule has 1 amide bonds. The number of carbonyl (C=O) groups is 1. The molecule has 4 aromatic rings. The Morgan fingerprint density at radius 3 is 2.74 bits per heavy atom. The summed E-state index contributed by atoms with van der Waals surface area (Å²) in [5.41, 5.74) is 3.54. The number of rotatable bonds is 6. The van der Waals surface area contributed by atoms with Crippen LogP contribution in [0.5, 0.6) is 5.88 Å². The minimum atomic E-state index is -0.267. The highest BCUT2D eigenvalue weighted by atomic mass is 16.5. The smallest absolute Gasteiger partial charge is 0.259 e. The van der Waals surface area contributed by atoms with E-state index in [1.54, 1.807) is 19.2 Å². The predicted molar refractivity (Wildman–Crippen MR) is 115 cm³/mol. The number of fused-ring (bicyclic) bond motifs is 1. The van der Waals surface area contributed by atoms with E-state index in [0.29, 0.717) is 33.9 Å². The third-order valence-corrected chi connectivity index (χ3v) is 4.82. The van der Waals surface area contributed by atoms with E-state index in [9.17, 15) is 4.79 Å². The molecule has 0 aromatic carbocycles. The Labute approximate surface area is 179 Å². The summed E-state index contributed by atoms with van der Waals surface area (Å²) >= 11 is 0. The minimum absolute atomic E-state index is 0.0203. The number of hydrogen-bond acceptors (Lipinski definition) is 7. The lowest BCUT2D eigenvalue weighted by Crippen LogP contribution is -2.24. The molecular formula is C23H24N4O4. The first kappa shape index (κ1) is 20.6. The maximum atomic E-state index is 13.2. The zero-order valence-electron chi connectivity index (χ0n) is 18.1. The van der Waals surface area contributed by atoms with Crippen molar-refractivity contribution >= 4 is 17.0 Å². The lowest BCUT2D eigenvalue weighted by Gasteiger charge is -2.13. The van der Waals surface area contributed by atoms with Crippen molar-refractivity contribution in [3.63, 3.8) is 0 Å². The van der Waals surface area contributed by atoms with Gasteiger partial charge in [-0.05, 0) is 52.8 Å². The number of aryl methyl sites for hydroxylation is 3. The summed E-state index contributed by atoms with van der Waals surface area (Å²) in [6.45, 7) is 9.64. The van der Waals surface area contributed by atoms with Crippen LogP contribution in [0.25, 0.3) is 22.4 Å². The van der Waals surface area contributed by atoms with Crippen LogP contribution in [-0.4, -0.2) is 27.1 Å². The van der Waals surface area contributed by atoms with Crippen LogP contribution in [0, 0.1) is 20.8 Å². The van der Waals surface area contributed by atoms with E-state index in [-0.39, 0.29) is 18.6 Å². The van der Waals surface area contributed by atoms with Gasteiger partial charge >= 0.3 is 0 Å². The number of furan rings is 1. The Bertz CT molecular complexity index is 1260. The molecule has 4 aromatic heterocycles. The Hall–Kier alpha value is -3.68. The van der Waals surface area contributed by atoms with E-state index in [0.717, 1.165) is 22.6 Å². The molecule has 8 heteroatoms. The molecule has 0 aliphatic rings. The molecule has 0 spiro atoms. The molecule has 8 nitrogen and oxygen atoms in total. The molecule has 160 valence electrons. The van der Waals surface area contributed by atoms with Gasteiger partial charge in [-0.3, -0.25) is 4.79 Å². The third-order valence-electron chi connectivity index (χ3n) is 4.82. The van der Waals surface area contributed by atoms with Gasteiger partial charge in [0.05, 0.1) is 28.4 Å². The van der Waals surface area contributed by atoms with E-state index >= 15 is 0 Å². The van der Waals surface area contributed by atoms with Gasteiger partial charge in [-0.15, -0.1) is 0 Å². The van der Waals surface area contributed by atoms with Gasteiger partial charge in [0.25, 0.3) is 11.6 Å². The second-order valence-electron chi connectivity index (χ2n) is 7.65. The number of nitrogens with one attached hydrogen (secondary N) is 1. The van der Waals surface area contributed by atoms with Gasteiger partial charge in [0.2, 0.25) is 5.88 Å². The Morgan fingerprint density at radius 2 is 2.03 bits per heavy atom. The summed E-state index contributed by atoms with van der Waals surface area (Å²) in [5.74, 6) is 1.72. The summed E-state index contributed by atoms with van der Waals surface area (Å²) in [4.78, 5) is 22.0. The number of carbonyl (C=O) groups excluding carboxylic acids is 1. The average molecular weight is 420 g/mol. The molecule has 1 N–H and O–H groups in total. The van der Waals surface area contributed by atoms with Crippen LogP contribution in [0.4, 0.5) is 0 Å². The molecule has 0 fully saturated rings. The summed E-state index contributed by atoms with van der Waals surface area (Å²) in [7, 11) is 0. The molecule has 31 heavy (non-hydrogen) atoms. The maximum absolute atomic E-state index is 13.2. The van der Waals surface area contributed by atoms with E-state index in [4.69, 9.17) is 13.7 Å². The Morgan fingerprint density at radius 1 is 1.23 bits per heavy atom. The SMILES string of the molecule is Cc1cc(-c2cc(C(=O)NCc3cccnc3OC(C)C)c3c(C)noc3n2)c(C)o1. The van der Waals surface area contributed by atoms with Gasteiger partial charge in [-0.2, -0.15) is 0 Å². The van der Waals surface area contributed by atoms with Crippen LogP contribution in [0.3, 0.4) is 0 Å². The number of pyridine rings is 2. The Kier molecular flexibility index (Phi) is 5.46. The van der Waals surface area contributed by atoms with Crippen molar-refractivity contribution in [1.29, 1.82) is 0 Å². The number of amides is 1. The number of ether oxygens (including phenoxy) is 1. The summed E-state index contributed by atoms with van der Waals surface area (Å²) in [6.07, 6.45) is 1.64. The Balaban J connectivity index is 1.68. The van der Waals surface area contributed by atoms with Crippen molar-refractivity contribution in [2.45, 2.75) is 47.3 Å². The van der Waals surface area contributed by atoms with Gasteiger partial charge in [-0.25, -0.2) is 9.97 Å². The molecule has 4 rings (SSSR count). The van der Waals surface area contributed by atoms with Gasteiger partial charge in [0.15, 0.2) is 0 Å². The van der Waals surface area contributed by atoms with E-state index < -0.39 is 0 Å². The van der Waals surface area contributed by atoms with Crippen LogP contribution in [0.1, 0.15) is 47.0 Å². The standard InChI is InChI=1S/C23H24N4O4/c1-12(2)29-22-16(7-6-8-24-22)11-25-21(28)18-10-19(17-9-13(3)30-15(17)5)26-23-20(18)14(4)27-31-23/h6-10,12H,11H2,1-5H3,(H,25,28). The van der Waals surface area contributed by atoms with E-state index in [1.165, 1.54) is 0 Å². The second kappa shape index (κ2) is 8.22. The number of aromatic nitrogens is 3. The fourth-order valence-electron chi connectivity index (χ4n) is 3.46. The number of nitrogens with zero attached hydrogens (tertiary/aromatic N) is 3. The van der Waals surface area contributed by atoms with E-state index in [1.807, 2.05) is 45.9 Å². The fraction of sp³-hybridized carbons (Fsp3) is 0.304. The van der Waals surface area contributed by atoms with Crippen LogP contribution in [-0.2, 0) is 6.54 Å². The van der Waals surface area contributed by atoms with Crippen molar-refractivity contribution in [2.75, 3.05) is 0 Å². The van der Waals surface area contributed by atoms with Crippen molar-refractivity contribution in [3.05, 3.63) is 58.8 Å². The van der Waals surface area contributed by atoms with Crippen LogP contribution >= 0.6 is 0 Å². The largest absolute Gasteiger partial charge is 0.475 e. The molecule has 0 bridgehead atoms. The first-order chi connectivity index (χ1) is 14.8. The van der Waals surface area contributed by atoms with Crippen molar-refractivity contribution in [2.24, 2.45) is 0 Å². The molecule has 0 radical (unpaired) electrons. The first-order valence-electron chi connectivity index (χ1n) is 10.1. The van der Waals surface area contributed by atoms with E-state index in [2.05, 4.69) is 20.4 Å². The molecular weight excluding hydrogens is 396 g/mol. The molecule has 0 unspecified atom stereocenters. The third kappa shape index (κ3) is 4.14. The highest BCUT2D eigenvalue weighted by molar-refractivity contribution is 6.07. The summed E-state index contributed by atoms with van der Waals surface area (Å²) in [6, 6.07) is 7.32. The lowest BCUT2D eigenvalue weighted by molar-refractivity contribution is 0.0952. The second-order valence-corrected chi connectivity index (χ2v) is 7.65. The minimum Gasteiger partial charge on any atom is -0.475 e.